The number of carbonyl (C=O) groups is 1. The lowest BCUT2D eigenvalue weighted by molar-refractivity contribution is -0.137. The Morgan fingerprint density at radius 1 is 1.23 bits per heavy atom. The van der Waals surface area contributed by atoms with E-state index in [1.54, 1.807) is 13.4 Å². The summed E-state index contributed by atoms with van der Waals surface area (Å²) in [5.74, 6) is 6.15. The molecule has 1 aromatic carbocycles. The Morgan fingerprint density at radius 3 is 2.84 bits per heavy atom. The molecule has 2 N–H and O–H groups in total. The van der Waals surface area contributed by atoms with Gasteiger partial charge in [-0.25, -0.2) is 15.0 Å². The number of hydrogen-bond acceptors (Lipinski definition) is 6. The maximum Gasteiger partial charge on any atom is 0.267 e. The quantitative estimate of drug-likeness (QED) is 0.642. The van der Waals surface area contributed by atoms with Crippen molar-refractivity contribution < 1.29 is 9.90 Å². The molecule has 1 amide bonds. The first-order valence-electron chi connectivity index (χ1n) is 10.5. The molecule has 7 heteroatoms. The Hall–Kier alpha value is -3.50. The van der Waals surface area contributed by atoms with Crippen LogP contribution in [-0.4, -0.2) is 56.1 Å². The number of nitrogens with zero attached hydrogens (tertiary/aromatic N) is 4. The number of carbonyl (C=O) groups excluding carboxylic acids is 1. The van der Waals surface area contributed by atoms with Crippen molar-refractivity contribution in [3.63, 3.8) is 0 Å². The highest BCUT2D eigenvalue weighted by Gasteiger charge is 2.42. The molecule has 0 bridgehead atoms. The predicted molar refractivity (Wildman–Crippen MR) is 118 cm³/mol. The molecule has 31 heavy (non-hydrogen) atoms. The van der Waals surface area contributed by atoms with E-state index in [4.69, 9.17) is 4.98 Å². The second-order valence-electron chi connectivity index (χ2n) is 8.23. The number of aromatic nitrogens is 3. The molecule has 0 radical (unpaired) electrons. The third kappa shape index (κ3) is 3.71. The van der Waals surface area contributed by atoms with Crippen molar-refractivity contribution in [3.05, 3.63) is 48.3 Å². The van der Waals surface area contributed by atoms with Gasteiger partial charge in [0.15, 0.2) is 5.82 Å². The lowest BCUT2D eigenvalue weighted by atomic mass is 9.93. The topological polar surface area (TPSA) is 91.2 Å². The van der Waals surface area contributed by atoms with Gasteiger partial charge in [-0.05, 0) is 43.5 Å². The highest BCUT2D eigenvalue weighted by Crippen LogP contribution is 2.28. The van der Waals surface area contributed by atoms with Crippen LogP contribution in [-0.2, 0) is 4.79 Å². The molecule has 7 nitrogen and oxygen atoms in total. The van der Waals surface area contributed by atoms with Crippen molar-refractivity contribution in [2.24, 2.45) is 0 Å². The number of aliphatic hydroxyl groups is 1. The van der Waals surface area contributed by atoms with E-state index >= 15 is 0 Å². The fourth-order valence-corrected chi connectivity index (χ4v) is 3.85. The summed E-state index contributed by atoms with van der Waals surface area (Å²) in [5.41, 5.74) is 2.34. The van der Waals surface area contributed by atoms with E-state index < -0.39 is 5.60 Å². The number of amides is 1. The number of likely N-dealkylation sites (N-methyl/N-ethyl adjacent to an activating group) is 1. The van der Waals surface area contributed by atoms with E-state index in [2.05, 4.69) is 27.1 Å². The number of hydrogen-bond donors (Lipinski definition) is 2. The van der Waals surface area contributed by atoms with Gasteiger partial charge in [0.1, 0.15) is 11.8 Å². The lowest BCUT2D eigenvalue weighted by Crippen LogP contribution is -2.37. The van der Waals surface area contributed by atoms with E-state index in [1.807, 2.05) is 36.4 Å². The number of nitrogens with one attached hydrogen (secondary N) is 1. The van der Waals surface area contributed by atoms with Crippen LogP contribution >= 0.6 is 0 Å². The van der Waals surface area contributed by atoms with Gasteiger partial charge < -0.3 is 15.3 Å². The molecule has 1 saturated carbocycles. The Labute approximate surface area is 180 Å². The van der Waals surface area contributed by atoms with Gasteiger partial charge in [-0.3, -0.25) is 4.79 Å². The highest BCUT2D eigenvalue weighted by atomic mass is 16.3. The molecular weight excluding hydrogens is 390 g/mol. The summed E-state index contributed by atoms with van der Waals surface area (Å²) in [5, 5.41) is 14.0. The van der Waals surface area contributed by atoms with Crippen LogP contribution in [0.4, 0.5) is 5.82 Å². The summed E-state index contributed by atoms with van der Waals surface area (Å²) in [6.07, 6.45) is 5.42. The third-order valence-electron chi connectivity index (χ3n) is 6.01. The maximum absolute atomic E-state index is 12.1. The van der Waals surface area contributed by atoms with E-state index in [0.29, 0.717) is 24.6 Å². The Bertz CT molecular complexity index is 1230. The van der Waals surface area contributed by atoms with Crippen LogP contribution in [0.5, 0.6) is 0 Å². The fraction of sp³-hybridized carbons (Fsp3) is 0.333. The number of rotatable bonds is 3. The average Bonchev–Trinajstić information content (AvgIpc) is 3.02. The molecule has 156 valence electrons. The number of likely N-dealkylation sites (tertiary alicyclic amines) is 1. The molecule has 2 aromatic heterocycles. The second kappa shape index (κ2) is 7.64. The van der Waals surface area contributed by atoms with Crippen LogP contribution in [0.15, 0.2) is 42.7 Å². The molecule has 1 saturated heterocycles. The predicted octanol–water partition coefficient (Wildman–Crippen LogP) is 2.60. The van der Waals surface area contributed by atoms with Crippen LogP contribution in [0, 0.1) is 11.8 Å². The zero-order chi connectivity index (χ0) is 21.4. The first-order chi connectivity index (χ1) is 15.0. The first-order valence-corrected chi connectivity index (χ1v) is 10.5. The van der Waals surface area contributed by atoms with Gasteiger partial charge >= 0.3 is 0 Å². The molecule has 3 heterocycles. The molecule has 1 atom stereocenters. The van der Waals surface area contributed by atoms with E-state index in [1.165, 1.54) is 11.3 Å². The first kappa shape index (κ1) is 19.5. The van der Waals surface area contributed by atoms with Crippen molar-refractivity contribution in [1.29, 1.82) is 0 Å². The van der Waals surface area contributed by atoms with Crippen molar-refractivity contribution in [3.8, 4) is 23.1 Å². The van der Waals surface area contributed by atoms with Crippen molar-refractivity contribution >= 4 is 22.8 Å². The molecule has 2 aliphatic rings. The van der Waals surface area contributed by atoms with E-state index in [-0.39, 0.29) is 5.91 Å². The number of benzene rings is 1. The van der Waals surface area contributed by atoms with Crippen molar-refractivity contribution in [1.82, 2.24) is 19.9 Å². The average molecular weight is 413 g/mol. The SMILES string of the molecule is CN1CC[C@@](O)(C#Cc2cccc(-c3ccc4ncnc(NC5CCC5)c4n3)c2)C1=O. The summed E-state index contributed by atoms with van der Waals surface area (Å²) in [6.45, 7) is 0.504. The normalized spacial score (nSPS) is 21.0. The molecule has 1 aliphatic heterocycles. The molecule has 2 fully saturated rings. The van der Waals surface area contributed by atoms with Gasteiger partial charge in [-0.2, -0.15) is 0 Å². The van der Waals surface area contributed by atoms with Gasteiger partial charge in [0, 0.05) is 37.2 Å². The van der Waals surface area contributed by atoms with Gasteiger partial charge in [0.25, 0.3) is 5.91 Å². The van der Waals surface area contributed by atoms with Gasteiger partial charge in [0.2, 0.25) is 5.60 Å². The van der Waals surface area contributed by atoms with Crippen molar-refractivity contribution in [2.45, 2.75) is 37.3 Å². The minimum absolute atomic E-state index is 0.317. The molecule has 3 aromatic rings. The molecule has 0 spiro atoms. The Kier molecular flexibility index (Phi) is 4.79. The largest absolute Gasteiger partial charge is 0.369 e. The van der Waals surface area contributed by atoms with E-state index in [0.717, 1.165) is 41.0 Å². The monoisotopic (exact) mass is 413 g/mol. The minimum Gasteiger partial charge on any atom is -0.369 e. The fourth-order valence-electron chi connectivity index (χ4n) is 3.85. The van der Waals surface area contributed by atoms with Gasteiger partial charge in [-0.1, -0.05) is 24.0 Å². The maximum atomic E-state index is 12.1. The highest BCUT2D eigenvalue weighted by molar-refractivity contribution is 5.90. The Balaban J connectivity index is 1.46. The van der Waals surface area contributed by atoms with Crippen LogP contribution in [0.25, 0.3) is 22.3 Å². The van der Waals surface area contributed by atoms with E-state index in [9.17, 15) is 9.90 Å². The molecule has 1 aliphatic carbocycles. The number of pyridine rings is 1. The minimum atomic E-state index is -1.61. The summed E-state index contributed by atoms with van der Waals surface area (Å²) in [7, 11) is 1.67. The standard InChI is InChI=1S/C24H23N5O2/c1-29-13-12-24(31,23(29)30)11-10-16-4-2-5-17(14-16)19-8-9-20-21(28-19)22(26-15-25-20)27-18-6-3-7-18/h2,4-5,8-9,14-15,18,31H,3,6-7,12-13H2,1H3,(H,25,26,27)/t24-/m0/s1. The summed E-state index contributed by atoms with van der Waals surface area (Å²) in [4.78, 5) is 27.2. The molecular formula is C24H23N5O2. The van der Waals surface area contributed by atoms with Gasteiger partial charge in [0.05, 0.1) is 11.2 Å². The summed E-state index contributed by atoms with van der Waals surface area (Å²) >= 11 is 0. The van der Waals surface area contributed by atoms with Crippen LogP contribution in [0.1, 0.15) is 31.2 Å². The number of fused-ring (bicyclic) bond motifs is 1. The third-order valence-corrected chi connectivity index (χ3v) is 6.01. The van der Waals surface area contributed by atoms with Crippen LogP contribution < -0.4 is 5.32 Å². The zero-order valence-electron chi connectivity index (χ0n) is 17.3. The lowest BCUT2D eigenvalue weighted by Gasteiger charge is -2.27. The van der Waals surface area contributed by atoms with Gasteiger partial charge in [-0.15, -0.1) is 0 Å². The zero-order valence-corrected chi connectivity index (χ0v) is 17.3. The summed E-state index contributed by atoms with van der Waals surface area (Å²) in [6, 6.07) is 12.0. The second-order valence-corrected chi connectivity index (χ2v) is 8.23. The van der Waals surface area contributed by atoms with Crippen LogP contribution in [0.3, 0.4) is 0 Å². The van der Waals surface area contributed by atoms with Crippen molar-refractivity contribution in [2.75, 3.05) is 18.9 Å². The number of anilines is 1. The molecule has 0 unspecified atom stereocenters. The smallest absolute Gasteiger partial charge is 0.267 e. The summed E-state index contributed by atoms with van der Waals surface area (Å²) < 4.78 is 0. The molecule has 5 rings (SSSR count). The Morgan fingerprint density at radius 2 is 2.10 bits per heavy atom. The van der Waals surface area contributed by atoms with Crippen LogP contribution in [0.2, 0.25) is 0 Å².